The predicted octanol–water partition coefficient (Wildman–Crippen LogP) is 2.75. The van der Waals surface area contributed by atoms with Crippen LogP contribution in [0.5, 0.6) is 0 Å². The highest BCUT2D eigenvalue weighted by molar-refractivity contribution is 7.93. The number of ether oxygens (including phenoxy) is 1. The molecule has 0 aromatic heterocycles. The summed E-state index contributed by atoms with van der Waals surface area (Å²) in [5.41, 5.74) is 2.39. The monoisotopic (exact) mass is 497 g/mol. The number of sulfonamides is 1. The van der Waals surface area contributed by atoms with Crippen LogP contribution in [0.3, 0.4) is 0 Å². The second-order valence-electron chi connectivity index (χ2n) is 9.62. The molecule has 2 amide bonds. The molecule has 0 unspecified atom stereocenters. The van der Waals surface area contributed by atoms with Gasteiger partial charge in [0.15, 0.2) is 0 Å². The topological polar surface area (TPSA) is 87.2 Å². The zero-order valence-electron chi connectivity index (χ0n) is 20.1. The third-order valence-electron chi connectivity index (χ3n) is 7.34. The van der Waals surface area contributed by atoms with E-state index in [1.54, 1.807) is 42.2 Å². The summed E-state index contributed by atoms with van der Waals surface area (Å²) in [4.78, 5) is 29.3. The van der Waals surface area contributed by atoms with Crippen LogP contribution in [0.15, 0.2) is 48.5 Å². The van der Waals surface area contributed by atoms with E-state index in [1.165, 1.54) is 4.31 Å². The molecule has 2 aliphatic carbocycles. The van der Waals surface area contributed by atoms with Gasteiger partial charge in [0.05, 0.1) is 10.9 Å². The Hall–Kier alpha value is -2.91. The van der Waals surface area contributed by atoms with Crippen molar-refractivity contribution in [1.82, 2.24) is 9.80 Å². The van der Waals surface area contributed by atoms with Crippen LogP contribution >= 0.6 is 0 Å². The van der Waals surface area contributed by atoms with Gasteiger partial charge in [-0.2, -0.15) is 0 Å². The first kappa shape index (κ1) is 23.8. The second-order valence-corrected chi connectivity index (χ2v) is 11.9. The van der Waals surface area contributed by atoms with Gasteiger partial charge in [-0.15, -0.1) is 0 Å². The fourth-order valence-electron chi connectivity index (χ4n) is 4.63. The van der Waals surface area contributed by atoms with Crippen LogP contribution in [0.4, 0.5) is 5.69 Å². The Morgan fingerprint density at radius 2 is 1.57 bits per heavy atom. The van der Waals surface area contributed by atoms with Crippen LogP contribution < -0.4 is 4.31 Å². The van der Waals surface area contributed by atoms with Gasteiger partial charge in [0.25, 0.3) is 11.8 Å². The smallest absolute Gasteiger partial charge is 0.254 e. The molecular weight excluding hydrogens is 466 g/mol. The molecule has 0 atom stereocenters. The first-order valence-electron chi connectivity index (χ1n) is 12.1. The maximum Gasteiger partial charge on any atom is 0.254 e. The third-order valence-corrected chi connectivity index (χ3v) is 9.63. The lowest BCUT2D eigenvalue weighted by atomic mass is 10.0. The van der Waals surface area contributed by atoms with E-state index in [0.29, 0.717) is 37.4 Å². The number of hydrogen-bond donors (Lipinski definition) is 0. The average molecular weight is 498 g/mol. The number of amides is 2. The summed E-state index contributed by atoms with van der Waals surface area (Å²) < 4.78 is 32.0. The molecular formula is C26H31N3O5S. The summed E-state index contributed by atoms with van der Waals surface area (Å²) >= 11 is 0. The van der Waals surface area contributed by atoms with E-state index in [0.717, 1.165) is 36.8 Å². The highest BCUT2D eigenvalue weighted by atomic mass is 32.2. The lowest BCUT2D eigenvalue weighted by molar-refractivity contribution is -0.146. The molecule has 1 aliphatic heterocycles. The summed E-state index contributed by atoms with van der Waals surface area (Å²) in [7, 11) is -0.131. The molecule has 1 saturated heterocycles. The number of anilines is 1. The number of hydrogen-bond acceptors (Lipinski definition) is 5. The molecule has 0 spiro atoms. The minimum absolute atomic E-state index is 0.0364. The van der Waals surface area contributed by atoms with Crippen molar-refractivity contribution in [2.24, 2.45) is 0 Å². The van der Waals surface area contributed by atoms with Crippen molar-refractivity contribution in [3.05, 3.63) is 54.1 Å². The maximum atomic E-state index is 13.0. The molecule has 5 rings (SSSR count). The Labute approximate surface area is 206 Å². The summed E-state index contributed by atoms with van der Waals surface area (Å²) in [5.74, 6) is -0.0187. The molecule has 9 heteroatoms. The van der Waals surface area contributed by atoms with E-state index >= 15 is 0 Å². The van der Waals surface area contributed by atoms with E-state index in [9.17, 15) is 18.0 Å². The highest BCUT2D eigenvalue weighted by Gasteiger charge is 2.52. The van der Waals surface area contributed by atoms with E-state index in [4.69, 9.17) is 4.74 Å². The summed E-state index contributed by atoms with van der Waals surface area (Å²) in [5, 5.41) is -0.267. The number of carbonyl (C=O) groups excluding carboxylic acids is 2. The lowest BCUT2D eigenvalue weighted by Crippen LogP contribution is -2.53. The number of benzene rings is 2. The van der Waals surface area contributed by atoms with Gasteiger partial charge in [-0.05, 0) is 61.1 Å². The molecule has 8 nitrogen and oxygen atoms in total. The van der Waals surface area contributed by atoms with Crippen molar-refractivity contribution in [2.45, 2.75) is 36.5 Å². The van der Waals surface area contributed by atoms with E-state index < -0.39 is 15.6 Å². The Kier molecular flexibility index (Phi) is 6.09. The SMILES string of the molecule is COC1(C(=O)N2CCN(C(=O)c3ccc(-c4cccc(N(C)S(=O)(=O)C5CC5)c4)cc3)CC2)CC1. The van der Waals surface area contributed by atoms with Gasteiger partial charge in [0, 0.05) is 45.9 Å². The lowest BCUT2D eigenvalue weighted by Gasteiger charge is -2.36. The number of methoxy groups -OCH3 is 1. The molecule has 0 radical (unpaired) electrons. The molecule has 3 aliphatic rings. The van der Waals surface area contributed by atoms with Crippen LogP contribution in [0.2, 0.25) is 0 Å². The van der Waals surface area contributed by atoms with Gasteiger partial charge in [0.2, 0.25) is 10.0 Å². The molecule has 0 N–H and O–H groups in total. The highest BCUT2D eigenvalue weighted by Crippen LogP contribution is 2.40. The van der Waals surface area contributed by atoms with Crippen molar-refractivity contribution in [3.8, 4) is 11.1 Å². The maximum absolute atomic E-state index is 13.0. The van der Waals surface area contributed by atoms with Crippen LogP contribution in [0.25, 0.3) is 11.1 Å². The number of rotatable bonds is 7. The van der Waals surface area contributed by atoms with Crippen LogP contribution in [-0.2, 0) is 19.6 Å². The Balaban J connectivity index is 1.23. The summed E-state index contributed by atoms with van der Waals surface area (Å²) in [6, 6.07) is 14.8. The standard InChI is InChI=1S/C26H31N3O5S/c1-27(35(32,33)23-10-11-23)22-5-3-4-21(18-22)19-6-8-20(9-7-19)24(30)28-14-16-29(17-15-28)25(31)26(34-2)12-13-26/h3-9,18,23H,10-17H2,1-2H3. The fraction of sp³-hybridized carbons (Fsp3) is 0.462. The Morgan fingerprint density at radius 1 is 0.943 bits per heavy atom. The van der Waals surface area contributed by atoms with E-state index in [1.807, 2.05) is 30.3 Å². The van der Waals surface area contributed by atoms with Gasteiger partial charge >= 0.3 is 0 Å². The Bertz CT molecular complexity index is 1230. The molecule has 1 heterocycles. The molecule has 2 aromatic rings. The van der Waals surface area contributed by atoms with Gasteiger partial charge in [0.1, 0.15) is 5.60 Å². The van der Waals surface area contributed by atoms with Crippen molar-refractivity contribution >= 4 is 27.5 Å². The van der Waals surface area contributed by atoms with Crippen molar-refractivity contribution in [1.29, 1.82) is 0 Å². The van der Waals surface area contributed by atoms with E-state index in [2.05, 4.69) is 0 Å². The van der Waals surface area contributed by atoms with Gasteiger partial charge in [-0.3, -0.25) is 13.9 Å². The van der Waals surface area contributed by atoms with Crippen molar-refractivity contribution in [3.63, 3.8) is 0 Å². The summed E-state index contributed by atoms with van der Waals surface area (Å²) in [6.07, 6.45) is 2.98. The normalized spacial score (nSPS) is 19.4. The predicted molar refractivity (Wildman–Crippen MR) is 134 cm³/mol. The largest absolute Gasteiger partial charge is 0.368 e. The number of nitrogens with zero attached hydrogens (tertiary/aromatic N) is 3. The molecule has 35 heavy (non-hydrogen) atoms. The number of carbonyl (C=O) groups is 2. The van der Waals surface area contributed by atoms with Crippen LogP contribution in [0.1, 0.15) is 36.0 Å². The summed E-state index contributed by atoms with van der Waals surface area (Å²) in [6.45, 7) is 2.02. The molecule has 2 aromatic carbocycles. The zero-order valence-corrected chi connectivity index (χ0v) is 21.0. The van der Waals surface area contributed by atoms with E-state index in [-0.39, 0.29) is 17.1 Å². The molecule has 186 valence electrons. The number of piperazine rings is 1. The average Bonchev–Trinajstić information content (AvgIpc) is 3.81. The molecule has 0 bridgehead atoms. The van der Waals surface area contributed by atoms with Crippen LogP contribution in [-0.4, -0.2) is 81.2 Å². The van der Waals surface area contributed by atoms with Gasteiger partial charge < -0.3 is 14.5 Å². The zero-order chi connectivity index (χ0) is 24.8. The Morgan fingerprint density at radius 3 is 2.14 bits per heavy atom. The molecule has 3 fully saturated rings. The van der Waals surface area contributed by atoms with Gasteiger partial charge in [-0.1, -0.05) is 24.3 Å². The first-order chi connectivity index (χ1) is 16.7. The van der Waals surface area contributed by atoms with Crippen LogP contribution in [0, 0.1) is 0 Å². The van der Waals surface area contributed by atoms with Gasteiger partial charge in [-0.25, -0.2) is 8.42 Å². The fourth-order valence-corrected chi connectivity index (χ4v) is 6.21. The minimum atomic E-state index is -3.31. The minimum Gasteiger partial charge on any atom is -0.368 e. The second kappa shape index (κ2) is 8.95. The third kappa shape index (κ3) is 4.54. The van der Waals surface area contributed by atoms with Crippen molar-refractivity contribution < 1.29 is 22.7 Å². The quantitative estimate of drug-likeness (QED) is 0.587. The van der Waals surface area contributed by atoms with Crippen molar-refractivity contribution in [2.75, 3.05) is 44.6 Å². The molecule has 2 saturated carbocycles. The first-order valence-corrected chi connectivity index (χ1v) is 13.6.